The van der Waals surface area contributed by atoms with Crippen LogP contribution < -0.4 is 0 Å². The monoisotopic (exact) mass is 227 g/mol. The van der Waals surface area contributed by atoms with E-state index in [4.69, 9.17) is 9.69 Å². The van der Waals surface area contributed by atoms with Crippen LogP contribution in [-0.2, 0) is 4.43 Å². The van der Waals surface area contributed by atoms with E-state index >= 15 is 0 Å². The minimum atomic E-state index is -1.68. The topological polar surface area (TPSA) is 33.0 Å². The molecular formula is C12H25NOSi. The summed E-state index contributed by atoms with van der Waals surface area (Å²) in [6.07, 6.45) is 0. The third-order valence-electron chi connectivity index (χ3n) is 3.40. The fourth-order valence-electron chi connectivity index (χ4n) is 0.893. The Morgan fingerprint density at radius 1 is 1.27 bits per heavy atom. The molecule has 0 rings (SSSR count). The van der Waals surface area contributed by atoms with Gasteiger partial charge in [-0.1, -0.05) is 34.6 Å². The zero-order valence-electron chi connectivity index (χ0n) is 11.2. The molecule has 0 aromatic carbocycles. The van der Waals surface area contributed by atoms with Crippen LogP contribution in [-0.4, -0.2) is 14.9 Å². The molecule has 0 bridgehead atoms. The van der Waals surface area contributed by atoms with Crippen molar-refractivity contribution in [3.05, 3.63) is 0 Å². The fourth-order valence-corrected chi connectivity index (χ4v) is 1.92. The molecule has 0 unspecified atom stereocenters. The van der Waals surface area contributed by atoms with Crippen LogP contribution in [0.3, 0.4) is 0 Å². The summed E-state index contributed by atoms with van der Waals surface area (Å²) in [4.78, 5) is 0. The zero-order valence-corrected chi connectivity index (χ0v) is 12.2. The van der Waals surface area contributed by atoms with Gasteiger partial charge in [0.05, 0.1) is 18.6 Å². The van der Waals surface area contributed by atoms with Gasteiger partial charge in [0.1, 0.15) is 0 Å². The summed E-state index contributed by atoms with van der Waals surface area (Å²) >= 11 is 0. The van der Waals surface area contributed by atoms with E-state index in [1.807, 2.05) is 0 Å². The highest BCUT2D eigenvalue weighted by Crippen LogP contribution is 2.36. The van der Waals surface area contributed by atoms with E-state index in [0.717, 1.165) is 0 Å². The van der Waals surface area contributed by atoms with Crippen LogP contribution in [0.1, 0.15) is 34.6 Å². The molecule has 0 N–H and O–H groups in total. The normalized spacial score (nSPS) is 15.1. The van der Waals surface area contributed by atoms with Crippen LogP contribution in [0.2, 0.25) is 18.1 Å². The quantitative estimate of drug-likeness (QED) is 0.684. The van der Waals surface area contributed by atoms with Gasteiger partial charge in [0.2, 0.25) is 0 Å². The van der Waals surface area contributed by atoms with Gasteiger partial charge in [-0.2, -0.15) is 5.26 Å². The average Bonchev–Trinajstić information content (AvgIpc) is 2.02. The van der Waals surface area contributed by atoms with E-state index in [0.29, 0.717) is 12.5 Å². The van der Waals surface area contributed by atoms with Gasteiger partial charge in [0.15, 0.2) is 8.32 Å². The maximum Gasteiger partial charge on any atom is 0.192 e. The second-order valence-electron chi connectivity index (χ2n) is 6.05. The average molecular weight is 227 g/mol. The van der Waals surface area contributed by atoms with Crippen LogP contribution in [0.25, 0.3) is 0 Å². The largest absolute Gasteiger partial charge is 0.415 e. The van der Waals surface area contributed by atoms with Gasteiger partial charge in [0, 0.05) is 0 Å². The lowest BCUT2D eigenvalue weighted by Crippen LogP contribution is -2.42. The molecule has 0 aromatic heterocycles. The van der Waals surface area contributed by atoms with Gasteiger partial charge in [-0.25, -0.2) is 0 Å². The van der Waals surface area contributed by atoms with Crippen molar-refractivity contribution in [2.45, 2.75) is 52.8 Å². The molecule has 0 spiro atoms. The summed E-state index contributed by atoms with van der Waals surface area (Å²) in [5.41, 5.74) is 0. The first-order valence-electron chi connectivity index (χ1n) is 5.65. The second-order valence-corrected chi connectivity index (χ2v) is 10.9. The molecule has 0 aliphatic heterocycles. The molecule has 0 aliphatic carbocycles. The zero-order chi connectivity index (χ0) is 12.3. The molecule has 0 aromatic rings. The summed E-state index contributed by atoms with van der Waals surface area (Å²) in [5, 5.41) is 9.21. The molecule has 1 atom stereocenters. The van der Waals surface area contributed by atoms with Crippen LogP contribution >= 0.6 is 0 Å². The molecule has 0 radical (unpaired) electrons. The molecule has 0 saturated heterocycles. The Hall–Kier alpha value is -0.333. The van der Waals surface area contributed by atoms with E-state index in [-0.39, 0.29) is 11.0 Å². The van der Waals surface area contributed by atoms with E-state index in [1.54, 1.807) is 0 Å². The summed E-state index contributed by atoms with van der Waals surface area (Å²) < 4.78 is 6.02. The molecular weight excluding hydrogens is 202 g/mol. The molecule has 88 valence electrons. The van der Waals surface area contributed by atoms with Gasteiger partial charge in [-0.05, 0) is 24.1 Å². The molecule has 2 nitrogen and oxygen atoms in total. The Balaban J connectivity index is 4.33. The smallest absolute Gasteiger partial charge is 0.192 e. The molecule has 15 heavy (non-hydrogen) atoms. The fraction of sp³-hybridized carbons (Fsp3) is 0.917. The van der Waals surface area contributed by atoms with E-state index in [9.17, 15) is 0 Å². The lowest BCUT2D eigenvalue weighted by Gasteiger charge is -2.37. The Labute approximate surface area is 95.8 Å². The number of hydrogen-bond donors (Lipinski definition) is 0. The third-order valence-corrected chi connectivity index (χ3v) is 7.90. The van der Waals surface area contributed by atoms with Crippen molar-refractivity contribution >= 4 is 8.32 Å². The molecule has 0 aliphatic rings. The number of nitrogens with zero attached hydrogens (tertiary/aromatic N) is 1. The van der Waals surface area contributed by atoms with Gasteiger partial charge in [-0.15, -0.1) is 0 Å². The van der Waals surface area contributed by atoms with Crippen molar-refractivity contribution in [2.24, 2.45) is 11.8 Å². The minimum Gasteiger partial charge on any atom is -0.415 e. The Morgan fingerprint density at radius 2 is 1.73 bits per heavy atom. The van der Waals surface area contributed by atoms with E-state index < -0.39 is 8.32 Å². The minimum absolute atomic E-state index is 0.0270. The summed E-state index contributed by atoms with van der Waals surface area (Å²) in [6.45, 7) is 15.8. The van der Waals surface area contributed by atoms with Crippen molar-refractivity contribution in [1.82, 2.24) is 0 Å². The molecule has 0 amide bonds. The van der Waals surface area contributed by atoms with Crippen LogP contribution in [0.5, 0.6) is 0 Å². The highest BCUT2D eigenvalue weighted by molar-refractivity contribution is 6.74. The molecule has 3 heteroatoms. The number of nitriles is 1. The van der Waals surface area contributed by atoms with Crippen molar-refractivity contribution < 1.29 is 4.43 Å². The van der Waals surface area contributed by atoms with Crippen molar-refractivity contribution in [3.63, 3.8) is 0 Å². The first kappa shape index (κ1) is 14.7. The van der Waals surface area contributed by atoms with Gasteiger partial charge in [-0.3, -0.25) is 0 Å². The van der Waals surface area contributed by atoms with E-state index in [1.165, 1.54) is 0 Å². The Bertz CT molecular complexity index is 235. The van der Waals surface area contributed by atoms with Crippen LogP contribution in [0, 0.1) is 23.2 Å². The van der Waals surface area contributed by atoms with Crippen LogP contribution in [0.15, 0.2) is 0 Å². The number of hydrogen-bond acceptors (Lipinski definition) is 2. The highest BCUT2D eigenvalue weighted by Gasteiger charge is 2.37. The molecule has 0 saturated carbocycles. The van der Waals surface area contributed by atoms with Gasteiger partial charge in [0.25, 0.3) is 0 Å². The Morgan fingerprint density at radius 3 is 2.00 bits per heavy atom. The Kier molecular flexibility index (Phi) is 5.02. The van der Waals surface area contributed by atoms with Crippen molar-refractivity contribution in [1.29, 1.82) is 5.26 Å². The highest BCUT2D eigenvalue weighted by atomic mass is 28.4. The summed E-state index contributed by atoms with van der Waals surface area (Å²) in [5.74, 6) is 0.402. The first-order valence-corrected chi connectivity index (χ1v) is 8.56. The summed E-state index contributed by atoms with van der Waals surface area (Å²) in [6, 6.07) is 2.32. The lowest BCUT2D eigenvalue weighted by molar-refractivity contribution is 0.227. The maximum absolute atomic E-state index is 8.98. The predicted octanol–water partition coefficient (Wildman–Crippen LogP) is 3.80. The van der Waals surface area contributed by atoms with E-state index in [2.05, 4.69) is 53.8 Å². The summed E-state index contributed by atoms with van der Waals surface area (Å²) in [7, 11) is -1.68. The van der Waals surface area contributed by atoms with Crippen molar-refractivity contribution in [2.75, 3.05) is 6.61 Å². The second kappa shape index (κ2) is 5.13. The third kappa shape index (κ3) is 4.36. The lowest BCUT2D eigenvalue weighted by atomic mass is 9.99. The predicted molar refractivity (Wildman–Crippen MR) is 67.1 cm³/mol. The standard InChI is InChI=1S/C12H25NOSi/c1-10(2)11(8-13)9-14-15(6,7)12(3,4)5/h10-11H,9H2,1-7H3/t11-/m1/s1. The molecule has 0 heterocycles. The van der Waals surface area contributed by atoms with Gasteiger partial charge < -0.3 is 4.43 Å². The molecule has 0 fully saturated rings. The number of rotatable bonds is 4. The van der Waals surface area contributed by atoms with Gasteiger partial charge >= 0.3 is 0 Å². The van der Waals surface area contributed by atoms with Crippen LogP contribution in [0.4, 0.5) is 0 Å². The SMILES string of the molecule is CC(C)[C@H](C#N)CO[Si](C)(C)C(C)(C)C. The maximum atomic E-state index is 8.98. The van der Waals surface area contributed by atoms with Crippen molar-refractivity contribution in [3.8, 4) is 6.07 Å². The first-order chi connectivity index (χ1) is 6.62.